The molecule has 6 N–H and O–H groups in total. The van der Waals surface area contributed by atoms with Crippen LogP contribution in [0.5, 0.6) is 0 Å². The molecule has 2 rings (SSSR count). The second kappa shape index (κ2) is 4.41. The molecule has 0 saturated heterocycles. The van der Waals surface area contributed by atoms with Gasteiger partial charge in [0.05, 0.1) is 17.5 Å². The van der Waals surface area contributed by atoms with Gasteiger partial charge >= 0.3 is 11.7 Å². The van der Waals surface area contributed by atoms with Crippen molar-refractivity contribution in [3.8, 4) is 0 Å². The van der Waals surface area contributed by atoms with E-state index in [1.54, 1.807) is 0 Å². The molecule has 1 aromatic carbocycles. The van der Waals surface area contributed by atoms with E-state index in [0.29, 0.717) is 6.29 Å². The highest BCUT2D eigenvalue weighted by Crippen LogP contribution is 2.27. The number of hydrogen-bond acceptors (Lipinski definition) is 6. The lowest BCUT2D eigenvalue weighted by molar-refractivity contribution is -0.136. The van der Waals surface area contributed by atoms with Gasteiger partial charge in [0.2, 0.25) is 0 Å². The molecule has 0 radical (unpaired) electrons. The Morgan fingerprint density at radius 2 is 2.16 bits per heavy atom. The number of nitrogens with two attached hydrogens (primary N) is 2. The van der Waals surface area contributed by atoms with Gasteiger partial charge in [-0.3, -0.25) is 14.6 Å². The smallest absolute Gasteiger partial charge is 0.347 e. The van der Waals surface area contributed by atoms with Crippen LogP contribution in [0, 0.1) is 0 Å². The zero-order chi connectivity index (χ0) is 14.2. The fourth-order valence-electron chi connectivity index (χ4n) is 1.83. The Balaban J connectivity index is 2.90. The average Bonchev–Trinajstić information content (AvgIpc) is 2.31. The van der Waals surface area contributed by atoms with Gasteiger partial charge in [0, 0.05) is 11.1 Å². The first-order valence-electron chi connectivity index (χ1n) is 5.22. The molecule has 98 valence electrons. The molecule has 0 atom stereocenters. The SMILES string of the molecule is Nc1c(CC(=O)O)cc2c(N)[nH]c(=O)nc2c1C=O. The van der Waals surface area contributed by atoms with Gasteiger partial charge in [-0.15, -0.1) is 0 Å². The molecule has 8 heteroatoms. The maximum Gasteiger partial charge on any atom is 0.347 e. The molecule has 8 nitrogen and oxygen atoms in total. The summed E-state index contributed by atoms with van der Waals surface area (Å²) in [4.78, 5) is 39.0. The molecule has 0 aliphatic rings. The highest BCUT2D eigenvalue weighted by atomic mass is 16.4. The van der Waals surface area contributed by atoms with E-state index in [0.717, 1.165) is 0 Å². The number of aromatic amines is 1. The first kappa shape index (κ1) is 12.6. The Morgan fingerprint density at radius 1 is 1.47 bits per heavy atom. The summed E-state index contributed by atoms with van der Waals surface area (Å²) >= 11 is 0. The summed E-state index contributed by atoms with van der Waals surface area (Å²) < 4.78 is 0. The van der Waals surface area contributed by atoms with Gasteiger partial charge in [-0.2, -0.15) is 4.98 Å². The first-order chi connectivity index (χ1) is 8.93. The van der Waals surface area contributed by atoms with Crippen molar-refractivity contribution in [3.63, 3.8) is 0 Å². The number of anilines is 2. The maximum absolute atomic E-state index is 11.2. The standard InChI is InChI=1S/C11H10N4O4/c12-8-4(2-7(17)18)1-5-9(6(8)3-16)14-11(19)15-10(5)13/h1,3H,2,12H2,(H,17,18)(H3,13,14,15,19). The molecule has 0 spiro atoms. The number of nitrogen functional groups attached to an aromatic ring is 2. The predicted octanol–water partition coefficient (Wildman–Crippen LogP) is -0.473. The van der Waals surface area contributed by atoms with Crippen LogP contribution in [0.2, 0.25) is 0 Å². The Kier molecular flexibility index (Phi) is 2.91. The van der Waals surface area contributed by atoms with Crippen LogP contribution in [0.4, 0.5) is 11.5 Å². The number of carbonyl (C=O) groups excluding carboxylic acids is 1. The Morgan fingerprint density at radius 3 is 2.74 bits per heavy atom. The van der Waals surface area contributed by atoms with Gasteiger partial charge in [-0.05, 0) is 11.6 Å². The fraction of sp³-hybridized carbons (Fsp3) is 0.0909. The Labute approximate surface area is 106 Å². The Hall–Kier alpha value is -2.90. The fourth-order valence-corrected chi connectivity index (χ4v) is 1.83. The predicted molar refractivity (Wildman–Crippen MR) is 67.9 cm³/mol. The number of carboxylic acids is 1. The summed E-state index contributed by atoms with van der Waals surface area (Å²) in [5.41, 5.74) is 10.9. The maximum atomic E-state index is 11.2. The van der Waals surface area contributed by atoms with Crippen LogP contribution < -0.4 is 17.2 Å². The van der Waals surface area contributed by atoms with Crippen molar-refractivity contribution in [2.75, 3.05) is 11.5 Å². The molecule has 0 bridgehead atoms. The highest BCUT2D eigenvalue weighted by molar-refractivity contribution is 6.05. The van der Waals surface area contributed by atoms with Crippen LogP contribution in [-0.4, -0.2) is 27.3 Å². The van der Waals surface area contributed by atoms with E-state index in [2.05, 4.69) is 9.97 Å². The number of H-pyrrole nitrogens is 1. The van der Waals surface area contributed by atoms with E-state index in [-0.39, 0.29) is 40.0 Å². The summed E-state index contributed by atoms with van der Waals surface area (Å²) in [6, 6.07) is 1.41. The van der Waals surface area contributed by atoms with Gasteiger partial charge in [0.15, 0.2) is 6.29 Å². The van der Waals surface area contributed by atoms with Crippen molar-refractivity contribution in [2.24, 2.45) is 0 Å². The van der Waals surface area contributed by atoms with E-state index < -0.39 is 11.7 Å². The minimum Gasteiger partial charge on any atom is -0.481 e. The second-order valence-electron chi connectivity index (χ2n) is 3.90. The summed E-state index contributed by atoms with van der Waals surface area (Å²) in [7, 11) is 0. The van der Waals surface area contributed by atoms with Crippen molar-refractivity contribution in [1.29, 1.82) is 0 Å². The molecule has 2 aromatic rings. The number of fused-ring (bicyclic) bond motifs is 1. The summed E-state index contributed by atoms with van der Waals surface area (Å²) in [6.45, 7) is 0. The molecule has 1 aromatic heterocycles. The van der Waals surface area contributed by atoms with E-state index in [9.17, 15) is 14.4 Å². The monoisotopic (exact) mass is 262 g/mol. The number of nitrogens with one attached hydrogen (secondary N) is 1. The van der Waals surface area contributed by atoms with Crippen LogP contribution in [0.3, 0.4) is 0 Å². The third-order valence-corrected chi connectivity index (χ3v) is 2.67. The molecule has 19 heavy (non-hydrogen) atoms. The van der Waals surface area contributed by atoms with Crippen LogP contribution in [-0.2, 0) is 11.2 Å². The molecular formula is C11H10N4O4. The number of carbonyl (C=O) groups is 2. The molecule has 0 fully saturated rings. The third kappa shape index (κ3) is 2.10. The van der Waals surface area contributed by atoms with E-state index >= 15 is 0 Å². The molecule has 0 aliphatic heterocycles. The Bertz CT molecular complexity index is 750. The summed E-state index contributed by atoms with van der Waals surface area (Å²) in [5.74, 6) is -1.09. The molecule has 0 saturated carbocycles. The number of aliphatic carboxylic acids is 1. The zero-order valence-corrected chi connectivity index (χ0v) is 9.64. The number of benzene rings is 1. The van der Waals surface area contributed by atoms with Crippen molar-refractivity contribution in [2.45, 2.75) is 6.42 Å². The minimum absolute atomic E-state index is 0.00439. The van der Waals surface area contributed by atoms with Gasteiger partial charge in [0.25, 0.3) is 0 Å². The normalized spacial score (nSPS) is 10.5. The molecule has 0 unspecified atom stereocenters. The molecule has 0 amide bonds. The highest BCUT2D eigenvalue weighted by Gasteiger charge is 2.16. The van der Waals surface area contributed by atoms with Gasteiger partial charge in [-0.1, -0.05) is 0 Å². The van der Waals surface area contributed by atoms with E-state index in [1.807, 2.05) is 0 Å². The topological polar surface area (TPSA) is 152 Å². The van der Waals surface area contributed by atoms with Crippen LogP contribution >= 0.6 is 0 Å². The quantitative estimate of drug-likeness (QED) is 0.430. The largest absolute Gasteiger partial charge is 0.481 e. The summed E-state index contributed by atoms with van der Waals surface area (Å²) in [5, 5.41) is 9.08. The number of aldehydes is 1. The molecule has 1 heterocycles. The number of nitrogens with zero attached hydrogens (tertiary/aromatic N) is 1. The number of aromatic nitrogens is 2. The van der Waals surface area contributed by atoms with Crippen molar-refractivity contribution in [1.82, 2.24) is 9.97 Å². The van der Waals surface area contributed by atoms with Crippen LogP contribution in [0.25, 0.3) is 10.9 Å². The zero-order valence-electron chi connectivity index (χ0n) is 9.64. The van der Waals surface area contributed by atoms with Crippen molar-refractivity contribution >= 4 is 34.7 Å². The lowest BCUT2D eigenvalue weighted by Crippen LogP contribution is -2.15. The third-order valence-electron chi connectivity index (χ3n) is 2.67. The van der Waals surface area contributed by atoms with E-state index in [4.69, 9.17) is 16.6 Å². The lowest BCUT2D eigenvalue weighted by Gasteiger charge is -2.10. The van der Waals surface area contributed by atoms with Gasteiger partial charge in [0.1, 0.15) is 5.82 Å². The van der Waals surface area contributed by atoms with E-state index in [1.165, 1.54) is 6.07 Å². The lowest BCUT2D eigenvalue weighted by atomic mass is 10.0. The molecular weight excluding hydrogens is 252 g/mol. The average molecular weight is 262 g/mol. The number of rotatable bonds is 3. The number of hydrogen-bond donors (Lipinski definition) is 4. The number of carboxylic acid groups (broad SMARTS) is 1. The van der Waals surface area contributed by atoms with Gasteiger partial charge < -0.3 is 16.6 Å². The second-order valence-corrected chi connectivity index (χ2v) is 3.90. The summed E-state index contributed by atoms with van der Waals surface area (Å²) in [6.07, 6.45) is 0.0656. The first-order valence-corrected chi connectivity index (χ1v) is 5.22. The molecule has 0 aliphatic carbocycles. The van der Waals surface area contributed by atoms with Crippen LogP contribution in [0.1, 0.15) is 15.9 Å². The van der Waals surface area contributed by atoms with Gasteiger partial charge in [-0.25, -0.2) is 4.79 Å². The van der Waals surface area contributed by atoms with Crippen molar-refractivity contribution in [3.05, 3.63) is 27.7 Å². The van der Waals surface area contributed by atoms with Crippen LogP contribution in [0.15, 0.2) is 10.9 Å². The van der Waals surface area contributed by atoms with Crippen molar-refractivity contribution < 1.29 is 14.7 Å². The minimum atomic E-state index is -1.10.